The summed E-state index contributed by atoms with van der Waals surface area (Å²) in [5.41, 5.74) is 7.29. The minimum absolute atomic E-state index is 0.00786. The fourth-order valence-electron chi connectivity index (χ4n) is 3.42. The van der Waals surface area contributed by atoms with Crippen molar-refractivity contribution < 1.29 is 29.8 Å². The number of benzene rings is 2. The molecule has 9 heteroatoms. The number of aromatic carboxylic acids is 1. The third kappa shape index (κ3) is 5.27. The molecule has 154 valence electrons. The molecule has 0 radical (unpaired) electrons. The number of ether oxygens (including phenoxy) is 1. The van der Waals surface area contributed by atoms with Crippen molar-refractivity contribution in [1.29, 1.82) is 0 Å². The SMILES string of the molecule is N[C@H](CN1CC(Oc2ccc(CCB(O)O)c(O)c2C(=O)O)C1)c1ccccc1. The zero-order valence-electron chi connectivity index (χ0n) is 15.9. The molecule has 2 aromatic carbocycles. The second kappa shape index (κ2) is 9.28. The summed E-state index contributed by atoms with van der Waals surface area (Å²) in [5, 5.41) is 37.7. The standard InChI is InChI=1S/C20H25BN2O6/c22-16(13-4-2-1-3-5-13)12-23-10-15(11-23)29-17-7-6-14(8-9-21(27)28)19(24)18(17)20(25)26/h1-7,15-16,24,27-28H,8-12,22H2,(H,25,26)/t16-/m1/s1. The zero-order chi connectivity index (χ0) is 21.0. The minimum atomic E-state index is -1.53. The van der Waals surface area contributed by atoms with Gasteiger partial charge >= 0.3 is 13.1 Å². The summed E-state index contributed by atoms with van der Waals surface area (Å²) in [6.07, 6.45) is -0.0642. The highest BCUT2D eigenvalue weighted by Crippen LogP contribution is 2.34. The van der Waals surface area contributed by atoms with E-state index in [9.17, 15) is 15.0 Å². The first kappa shape index (κ1) is 21.1. The largest absolute Gasteiger partial charge is 0.507 e. The average molecular weight is 400 g/mol. The van der Waals surface area contributed by atoms with Crippen LogP contribution in [0.1, 0.15) is 27.5 Å². The third-order valence-electron chi connectivity index (χ3n) is 5.01. The summed E-state index contributed by atoms with van der Waals surface area (Å²) in [4.78, 5) is 13.7. The number of phenols is 1. The first-order valence-electron chi connectivity index (χ1n) is 9.49. The molecule has 0 bridgehead atoms. The van der Waals surface area contributed by atoms with Crippen LogP contribution in [-0.2, 0) is 6.42 Å². The summed E-state index contributed by atoms with van der Waals surface area (Å²) >= 11 is 0. The molecule has 0 unspecified atom stereocenters. The molecule has 0 aliphatic carbocycles. The van der Waals surface area contributed by atoms with Crippen LogP contribution in [0.25, 0.3) is 0 Å². The van der Waals surface area contributed by atoms with Crippen LogP contribution in [-0.4, -0.2) is 64.0 Å². The monoisotopic (exact) mass is 400 g/mol. The van der Waals surface area contributed by atoms with Gasteiger partial charge in [0.1, 0.15) is 23.2 Å². The lowest BCUT2D eigenvalue weighted by molar-refractivity contribution is 0.0153. The Morgan fingerprint density at radius 2 is 1.90 bits per heavy atom. The highest BCUT2D eigenvalue weighted by molar-refractivity contribution is 6.41. The van der Waals surface area contributed by atoms with E-state index in [0.29, 0.717) is 25.2 Å². The average Bonchev–Trinajstić information content (AvgIpc) is 2.65. The Labute approximate surface area is 169 Å². The lowest BCUT2D eigenvalue weighted by Gasteiger charge is -2.40. The van der Waals surface area contributed by atoms with Crippen LogP contribution in [0.3, 0.4) is 0 Å². The number of likely N-dealkylation sites (tertiary alicyclic amines) is 1. The van der Waals surface area contributed by atoms with Crippen LogP contribution in [0.2, 0.25) is 6.32 Å². The summed E-state index contributed by atoms with van der Waals surface area (Å²) in [6, 6.07) is 12.7. The Kier molecular flexibility index (Phi) is 6.76. The number of carboxylic acids is 1. The lowest BCUT2D eigenvalue weighted by atomic mass is 9.82. The van der Waals surface area contributed by atoms with Crippen molar-refractivity contribution >= 4 is 13.1 Å². The molecule has 8 nitrogen and oxygen atoms in total. The number of aromatic hydroxyl groups is 1. The van der Waals surface area contributed by atoms with Crippen molar-refractivity contribution in [3.05, 3.63) is 59.2 Å². The summed E-state index contributed by atoms with van der Waals surface area (Å²) < 4.78 is 5.80. The van der Waals surface area contributed by atoms with E-state index in [0.717, 1.165) is 5.56 Å². The molecular formula is C20H25BN2O6. The van der Waals surface area contributed by atoms with Crippen LogP contribution < -0.4 is 10.5 Å². The predicted molar refractivity (Wildman–Crippen MR) is 108 cm³/mol. The van der Waals surface area contributed by atoms with Gasteiger partial charge in [0, 0.05) is 25.7 Å². The van der Waals surface area contributed by atoms with Crippen LogP contribution in [0, 0.1) is 0 Å². The van der Waals surface area contributed by atoms with E-state index in [1.165, 1.54) is 6.07 Å². The number of carbonyl (C=O) groups is 1. The third-order valence-corrected chi connectivity index (χ3v) is 5.01. The van der Waals surface area contributed by atoms with Crippen molar-refractivity contribution in [2.24, 2.45) is 5.73 Å². The fraction of sp³-hybridized carbons (Fsp3) is 0.350. The summed E-state index contributed by atoms with van der Waals surface area (Å²) in [7, 11) is -1.53. The van der Waals surface area contributed by atoms with Crippen molar-refractivity contribution in [2.75, 3.05) is 19.6 Å². The first-order valence-corrected chi connectivity index (χ1v) is 9.49. The van der Waals surface area contributed by atoms with Gasteiger partial charge in [-0.15, -0.1) is 0 Å². The molecule has 1 heterocycles. The zero-order valence-corrected chi connectivity index (χ0v) is 15.9. The van der Waals surface area contributed by atoms with Crippen LogP contribution in [0.4, 0.5) is 0 Å². The van der Waals surface area contributed by atoms with Gasteiger partial charge in [-0.25, -0.2) is 4.79 Å². The van der Waals surface area contributed by atoms with Crippen LogP contribution in [0.15, 0.2) is 42.5 Å². The smallest absolute Gasteiger partial charge is 0.451 e. The Balaban J connectivity index is 1.59. The number of hydrogen-bond acceptors (Lipinski definition) is 7. The van der Waals surface area contributed by atoms with Crippen molar-refractivity contribution in [3.8, 4) is 11.5 Å². The normalized spacial score (nSPS) is 15.6. The lowest BCUT2D eigenvalue weighted by Crippen LogP contribution is -2.55. The second-order valence-corrected chi connectivity index (χ2v) is 7.25. The number of hydrogen-bond donors (Lipinski definition) is 5. The van der Waals surface area contributed by atoms with Gasteiger partial charge in [0.15, 0.2) is 0 Å². The van der Waals surface area contributed by atoms with Gasteiger partial charge in [-0.2, -0.15) is 0 Å². The van der Waals surface area contributed by atoms with E-state index in [1.54, 1.807) is 6.07 Å². The molecule has 0 saturated carbocycles. The van der Waals surface area contributed by atoms with Gasteiger partial charge in [-0.3, -0.25) is 4.90 Å². The maximum Gasteiger partial charge on any atom is 0.451 e. The Bertz CT molecular complexity index is 842. The van der Waals surface area contributed by atoms with E-state index < -0.39 is 18.8 Å². The molecule has 6 N–H and O–H groups in total. The topological polar surface area (TPSA) is 136 Å². The summed E-state index contributed by atoms with van der Waals surface area (Å²) in [6.45, 7) is 1.89. The quantitative estimate of drug-likeness (QED) is 0.391. The summed E-state index contributed by atoms with van der Waals surface area (Å²) in [5.74, 6) is -1.61. The van der Waals surface area contributed by atoms with E-state index in [-0.39, 0.29) is 36.2 Å². The molecule has 1 aliphatic heterocycles. The highest BCUT2D eigenvalue weighted by Gasteiger charge is 2.31. The number of carboxylic acid groups (broad SMARTS) is 1. The van der Waals surface area contributed by atoms with Gasteiger partial charge in [0.05, 0.1) is 0 Å². The van der Waals surface area contributed by atoms with Gasteiger partial charge in [-0.05, 0) is 29.9 Å². The molecule has 0 aromatic heterocycles. The van der Waals surface area contributed by atoms with E-state index in [4.69, 9.17) is 20.5 Å². The maximum absolute atomic E-state index is 11.6. The molecular weight excluding hydrogens is 375 g/mol. The molecule has 1 aliphatic rings. The van der Waals surface area contributed by atoms with E-state index in [1.807, 2.05) is 30.3 Å². The molecule has 29 heavy (non-hydrogen) atoms. The Hall–Kier alpha value is -2.59. The minimum Gasteiger partial charge on any atom is -0.507 e. The molecule has 3 rings (SSSR count). The first-order chi connectivity index (χ1) is 13.8. The maximum atomic E-state index is 11.6. The van der Waals surface area contributed by atoms with Gasteiger partial charge in [-0.1, -0.05) is 36.4 Å². The van der Waals surface area contributed by atoms with E-state index in [2.05, 4.69) is 4.90 Å². The molecule has 1 saturated heterocycles. The fourth-order valence-corrected chi connectivity index (χ4v) is 3.42. The number of aryl methyl sites for hydroxylation is 1. The molecule has 0 spiro atoms. The number of nitrogens with zero attached hydrogens (tertiary/aromatic N) is 1. The van der Waals surface area contributed by atoms with Gasteiger partial charge in [0.2, 0.25) is 0 Å². The van der Waals surface area contributed by atoms with Crippen molar-refractivity contribution in [2.45, 2.75) is 24.9 Å². The Morgan fingerprint density at radius 3 is 2.52 bits per heavy atom. The van der Waals surface area contributed by atoms with Crippen molar-refractivity contribution in [3.63, 3.8) is 0 Å². The number of nitrogens with two attached hydrogens (primary N) is 1. The Morgan fingerprint density at radius 1 is 1.21 bits per heavy atom. The van der Waals surface area contributed by atoms with Gasteiger partial charge in [0.25, 0.3) is 0 Å². The second-order valence-electron chi connectivity index (χ2n) is 7.25. The molecule has 2 aromatic rings. The number of rotatable bonds is 9. The highest BCUT2D eigenvalue weighted by atomic mass is 16.5. The molecule has 0 amide bonds. The molecule has 1 atom stereocenters. The predicted octanol–water partition coefficient (Wildman–Crippen LogP) is 0.869. The van der Waals surface area contributed by atoms with Crippen molar-refractivity contribution in [1.82, 2.24) is 4.90 Å². The van der Waals surface area contributed by atoms with E-state index >= 15 is 0 Å². The van der Waals surface area contributed by atoms with Crippen LogP contribution >= 0.6 is 0 Å². The van der Waals surface area contributed by atoms with Gasteiger partial charge < -0.3 is 30.7 Å². The van der Waals surface area contributed by atoms with Crippen LogP contribution in [0.5, 0.6) is 11.5 Å². The molecule has 1 fully saturated rings.